The van der Waals surface area contributed by atoms with E-state index in [0.717, 1.165) is 5.92 Å². The van der Waals surface area contributed by atoms with Crippen LogP contribution >= 0.6 is 0 Å². The van der Waals surface area contributed by atoms with Gasteiger partial charge in [0.15, 0.2) is 0 Å². The molecule has 2 heterocycles. The number of rotatable bonds is 3. The van der Waals surface area contributed by atoms with Gasteiger partial charge < -0.3 is 0 Å². The number of alkyl halides is 1. The predicted molar refractivity (Wildman–Crippen MR) is 59.5 cm³/mol. The average molecular weight is 324 g/mol. The molecule has 0 saturated carbocycles. The Bertz CT molecular complexity index is 175. The summed E-state index contributed by atoms with van der Waals surface area (Å²) < 4.78 is 2.66. The zero-order valence-corrected chi connectivity index (χ0v) is 11.9. The molecule has 0 unspecified atom stereocenters. The third kappa shape index (κ3) is 3.84. The molecule has 0 aromatic rings. The molecule has 0 radical (unpaired) electrons. The number of hydrogen-bond donors (Lipinski definition) is 1. The molecular weight excluding hydrogens is 301 g/mol. The number of hydrogen-bond acceptors (Lipinski definition) is 3. The van der Waals surface area contributed by atoms with Gasteiger partial charge in [0.05, 0.1) is 0 Å². The standard InChI is InChI=1S/C11H23IN3/c1-12-15-8-6-14(7-9-15)10-11-2-4-13-5-3-11/h11,13H,2-10H2,1H3/q-1. The quantitative estimate of drug-likeness (QED) is 0.345. The van der Waals surface area contributed by atoms with E-state index in [1.807, 2.05) is 0 Å². The van der Waals surface area contributed by atoms with E-state index in [1.165, 1.54) is 58.7 Å². The summed E-state index contributed by atoms with van der Waals surface area (Å²) in [7, 11) is 0. The summed E-state index contributed by atoms with van der Waals surface area (Å²) in [5.41, 5.74) is 0. The molecule has 2 saturated heterocycles. The first-order valence-corrected chi connectivity index (χ1v) is 9.18. The van der Waals surface area contributed by atoms with Crippen molar-refractivity contribution in [1.29, 1.82) is 0 Å². The van der Waals surface area contributed by atoms with Crippen molar-refractivity contribution >= 4 is 0 Å². The Morgan fingerprint density at radius 1 is 1.13 bits per heavy atom. The first-order chi connectivity index (χ1) is 7.38. The van der Waals surface area contributed by atoms with Crippen LogP contribution in [0.4, 0.5) is 0 Å². The maximum absolute atomic E-state index is 3.45. The average Bonchev–Trinajstić information content (AvgIpc) is 2.31. The third-order valence-electron chi connectivity index (χ3n) is 3.53. The molecular formula is C11H23IN3-. The second-order valence-electron chi connectivity index (χ2n) is 4.57. The molecule has 3 nitrogen and oxygen atoms in total. The van der Waals surface area contributed by atoms with Gasteiger partial charge in [0.2, 0.25) is 0 Å². The SMILES string of the molecule is C[I-]N1CCN(CC2CCNCC2)CC1. The van der Waals surface area contributed by atoms with E-state index in [2.05, 4.69) is 18.3 Å². The Balaban J connectivity index is 1.67. The Morgan fingerprint density at radius 2 is 1.80 bits per heavy atom. The van der Waals surface area contributed by atoms with E-state index >= 15 is 0 Å². The van der Waals surface area contributed by atoms with Crippen LogP contribution in [0.25, 0.3) is 0 Å². The number of nitrogens with zero attached hydrogens (tertiary/aromatic N) is 2. The number of piperazine rings is 1. The van der Waals surface area contributed by atoms with E-state index in [-0.39, 0.29) is 0 Å². The number of nitrogens with one attached hydrogen (secondary N) is 1. The second-order valence-corrected chi connectivity index (χ2v) is 6.90. The summed E-state index contributed by atoms with van der Waals surface area (Å²) in [5.74, 6) is 0.967. The van der Waals surface area contributed by atoms with E-state index in [1.54, 1.807) is 0 Å². The molecule has 15 heavy (non-hydrogen) atoms. The normalized spacial score (nSPS) is 27.3. The van der Waals surface area contributed by atoms with Crippen molar-refractivity contribution in [2.24, 2.45) is 5.92 Å². The van der Waals surface area contributed by atoms with Crippen LogP contribution in [0.5, 0.6) is 0 Å². The summed E-state index contributed by atoms with van der Waals surface area (Å²) in [5, 5.41) is 3.45. The summed E-state index contributed by atoms with van der Waals surface area (Å²) in [4.78, 5) is 5.06. The first-order valence-electron chi connectivity index (χ1n) is 6.06. The Hall–Kier alpha value is 0.610. The fourth-order valence-electron chi connectivity index (χ4n) is 2.50. The van der Waals surface area contributed by atoms with E-state index < -0.39 is 0 Å². The summed E-state index contributed by atoms with van der Waals surface area (Å²) in [6, 6.07) is 0. The molecule has 2 aliphatic rings. The van der Waals surface area contributed by atoms with Gasteiger partial charge >= 0.3 is 104 Å². The van der Waals surface area contributed by atoms with Crippen molar-refractivity contribution < 1.29 is 21.5 Å². The van der Waals surface area contributed by atoms with Crippen molar-refractivity contribution in [3.05, 3.63) is 0 Å². The zero-order valence-electron chi connectivity index (χ0n) is 9.71. The molecule has 0 amide bonds. The van der Waals surface area contributed by atoms with Crippen LogP contribution in [0.1, 0.15) is 12.8 Å². The Morgan fingerprint density at radius 3 is 2.40 bits per heavy atom. The van der Waals surface area contributed by atoms with E-state index in [0.29, 0.717) is 21.5 Å². The van der Waals surface area contributed by atoms with Crippen LogP contribution in [0.2, 0.25) is 0 Å². The minimum absolute atomic E-state index is 0.343. The van der Waals surface area contributed by atoms with Crippen molar-refractivity contribution in [3.63, 3.8) is 0 Å². The Labute approximate surface area is 104 Å². The van der Waals surface area contributed by atoms with E-state index in [9.17, 15) is 0 Å². The van der Waals surface area contributed by atoms with E-state index in [4.69, 9.17) is 0 Å². The monoisotopic (exact) mass is 324 g/mol. The van der Waals surface area contributed by atoms with Gasteiger partial charge in [0.25, 0.3) is 0 Å². The van der Waals surface area contributed by atoms with Gasteiger partial charge in [-0.1, -0.05) is 0 Å². The topological polar surface area (TPSA) is 18.5 Å². The molecule has 1 N–H and O–H groups in total. The molecule has 0 aromatic carbocycles. The number of piperidine rings is 1. The van der Waals surface area contributed by atoms with Gasteiger partial charge in [0, 0.05) is 0 Å². The molecule has 4 heteroatoms. The van der Waals surface area contributed by atoms with Crippen LogP contribution in [0, 0.1) is 5.92 Å². The fourth-order valence-corrected chi connectivity index (χ4v) is 3.90. The van der Waals surface area contributed by atoms with Gasteiger partial charge in [-0.15, -0.1) is 0 Å². The summed E-state index contributed by atoms with van der Waals surface area (Å²) in [6.07, 6.45) is 2.78. The van der Waals surface area contributed by atoms with Gasteiger partial charge in [-0.2, -0.15) is 0 Å². The van der Waals surface area contributed by atoms with Gasteiger partial charge in [-0.05, 0) is 0 Å². The Kier molecular flexibility index (Phi) is 5.13. The summed E-state index contributed by atoms with van der Waals surface area (Å²) in [6.45, 7) is 9.13. The molecule has 2 fully saturated rings. The van der Waals surface area contributed by atoms with Crippen LogP contribution in [0.15, 0.2) is 0 Å². The van der Waals surface area contributed by atoms with Crippen LogP contribution < -0.4 is 26.8 Å². The number of halogens is 1. The maximum atomic E-state index is 3.45. The van der Waals surface area contributed by atoms with Crippen molar-refractivity contribution in [3.8, 4) is 0 Å². The molecule has 0 atom stereocenters. The van der Waals surface area contributed by atoms with Crippen LogP contribution in [0.3, 0.4) is 0 Å². The minimum atomic E-state index is 0.343. The molecule has 0 spiro atoms. The van der Waals surface area contributed by atoms with Crippen LogP contribution in [-0.4, -0.2) is 58.8 Å². The second kappa shape index (κ2) is 6.37. The zero-order chi connectivity index (χ0) is 10.5. The van der Waals surface area contributed by atoms with Gasteiger partial charge in [-0.3, -0.25) is 0 Å². The fraction of sp³-hybridized carbons (Fsp3) is 1.00. The third-order valence-corrected chi connectivity index (χ3v) is 5.86. The molecule has 90 valence electrons. The first kappa shape index (κ1) is 12.1. The summed E-state index contributed by atoms with van der Waals surface area (Å²) >= 11 is 0.343. The molecule has 0 aliphatic carbocycles. The van der Waals surface area contributed by atoms with Crippen LogP contribution in [-0.2, 0) is 0 Å². The van der Waals surface area contributed by atoms with Crippen molar-refractivity contribution in [2.75, 3.05) is 50.7 Å². The van der Waals surface area contributed by atoms with Crippen molar-refractivity contribution in [1.82, 2.24) is 13.3 Å². The molecule has 2 rings (SSSR count). The molecule has 0 aromatic heterocycles. The van der Waals surface area contributed by atoms with Gasteiger partial charge in [-0.25, -0.2) is 0 Å². The molecule has 2 aliphatic heterocycles. The van der Waals surface area contributed by atoms with Gasteiger partial charge in [0.1, 0.15) is 0 Å². The molecule has 0 bridgehead atoms. The van der Waals surface area contributed by atoms with Crippen molar-refractivity contribution in [2.45, 2.75) is 12.8 Å². The predicted octanol–water partition coefficient (Wildman–Crippen LogP) is -2.76.